The fourth-order valence-electron chi connectivity index (χ4n) is 6.14. The average Bonchev–Trinajstić information content (AvgIpc) is 2.64. The smallest absolute Gasteiger partial charge is 0.354 e. The zero-order valence-corrected chi connectivity index (χ0v) is 15.5. The van der Waals surface area contributed by atoms with Gasteiger partial charge in [0, 0.05) is 16.9 Å². The Labute approximate surface area is 161 Å². The second-order valence-electron chi connectivity index (χ2n) is 8.88. The second-order valence-corrected chi connectivity index (χ2v) is 8.88. The number of aromatic nitrogens is 1. The van der Waals surface area contributed by atoms with Gasteiger partial charge < -0.3 is 9.84 Å². The molecule has 0 aliphatic heterocycles. The lowest BCUT2D eigenvalue weighted by molar-refractivity contribution is -0.145. The molecule has 5 nitrogen and oxygen atoms in total. The molecule has 1 heterocycles. The maximum atomic E-state index is 13.7. The van der Waals surface area contributed by atoms with Gasteiger partial charge in [0.2, 0.25) is 0 Å². The molecule has 0 atom stereocenters. The molecule has 0 amide bonds. The molecule has 1 N–H and O–H groups in total. The minimum absolute atomic E-state index is 0.102. The quantitative estimate of drug-likeness (QED) is 0.836. The summed E-state index contributed by atoms with van der Waals surface area (Å²) in [5.41, 5.74) is -0.131. The van der Waals surface area contributed by atoms with E-state index in [2.05, 4.69) is 4.98 Å². The molecule has 2 aromatic rings. The Morgan fingerprint density at radius 2 is 1.75 bits per heavy atom. The van der Waals surface area contributed by atoms with Gasteiger partial charge in [-0.3, -0.25) is 4.79 Å². The van der Waals surface area contributed by atoms with Crippen molar-refractivity contribution in [2.45, 2.75) is 38.5 Å². The van der Waals surface area contributed by atoms with Gasteiger partial charge in [-0.25, -0.2) is 14.2 Å². The highest BCUT2D eigenvalue weighted by Gasteiger charge is 2.54. The van der Waals surface area contributed by atoms with Gasteiger partial charge in [0.05, 0.1) is 5.52 Å². The number of carboxylic acids is 1. The first-order chi connectivity index (χ1) is 13.4. The van der Waals surface area contributed by atoms with E-state index in [4.69, 9.17) is 4.74 Å². The first kappa shape index (κ1) is 17.6. The Hall–Kier alpha value is -2.50. The molecule has 28 heavy (non-hydrogen) atoms. The van der Waals surface area contributed by atoms with Crippen molar-refractivity contribution in [3.63, 3.8) is 0 Å². The molecule has 1 aromatic carbocycles. The summed E-state index contributed by atoms with van der Waals surface area (Å²) < 4.78 is 19.5. The molecular formula is C22H22FNO4. The largest absolute Gasteiger partial charge is 0.485 e. The van der Waals surface area contributed by atoms with E-state index >= 15 is 0 Å². The van der Waals surface area contributed by atoms with E-state index < -0.39 is 11.8 Å². The van der Waals surface area contributed by atoms with E-state index in [9.17, 15) is 19.1 Å². The molecule has 6 rings (SSSR count). The maximum absolute atomic E-state index is 13.7. The lowest BCUT2D eigenvalue weighted by Gasteiger charge is -2.55. The van der Waals surface area contributed by atoms with Crippen LogP contribution in [0.15, 0.2) is 24.3 Å². The number of halogens is 1. The fourth-order valence-corrected chi connectivity index (χ4v) is 6.14. The minimum atomic E-state index is -1.19. The number of rotatable bonds is 5. The lowest BCUT2D eigenvalue weighted by Crippen LogP contribution is -2.51. The van der Waals surface area contributed by atoms with Gasteiger partial charge in [-0.1, -0.05) is 0 Å². The van der Waals surface area contributed by atoms with Crippen LogP contribution in [0.25, 0.3) is 10.9 Å². The predicted octanol–water partition coefficient (Wildman–Crippen LogP) is 4.24. The molecule has 4 fully saturated rings. The third kappa shape index (κ3) is 2.86. The molecule has 4 saturated carbocycles. The number of hydrogen-bond donors (Lipinski definition) is 1. The highest BCUT2D eigenvalue weighted by Crippen LogP contribution is 2.60. The Morgan fingerprint density at radius 1 is 1.11 bits per heavy atom. The van der Waals surface area contributed by atoms with Gasteiger partial charge in [0.1, 0.15) is 18.2 Å². The van der Waals surface area contributed by atoms with Gasteiger partial charge in [-0.15, -0.1) is 0 Å². The number of hydrogen-bond acceptors (Lipinski definition) is 4. The van der Waals surface area contributed by atoms with Gasteiger partial charge >= 0.3 is 5.97 Å². The highest BCUT2D eigenvalue weighted by atomic mass is 19.1. The first-order valence-electron chi connectivity index (χ1n) is 9.91. The van der Waals surface area contributed by atoms with Crippen molar-refractivity contribution in [3.8, 4) is 5.75 Å². The number of pyridine rings is 1. The van der Waals surface area contributed by atoms with Crippen LogP contribution in [0.1, 0.15) is 49.0 Å². The number of carbonyl (C=O) groups excluding carboxylic acids is 1. The summed E-state index contributed by atoms with van der Waals surface area (Å²) >= 11 is 0. The number of aromatic carboxylic acids is 1. The standard InChI is InChI=1S/C22H22FNO4/c23-15-1-2-17-16(6-15)19(7-18(24-17)21(26)27)28-11-20(25)22-8-12-3-13(9-22)5-14(4-12)10-22/h1-2,6-7,12-14H,3-5,8-11H2,(H,26,27). The molecule has 4 aliphatic rings. The summed E-state index contributed by atoms with van der Waals surface area (Å²) in [4.78, 5) is 28.6. The molecule has 146 valence electrons. The SMILES string of the molecule is O=C(O)c1cc(OCC(=O)C23CC4CC(CC(C4)C2)C3)c2cc(F)ccc2n1. The number of nitrogens with zero attached hydrogens (tertiary/aromatic N) is 1. The van der Waals surface area contributed by atoms with Crippen molar-refractivity contribution >= 4 is 22.7 Å². The zero-order valence-electron chi connectivity index (χ0n) is 15.5. The van der Waals surface area contributed by atoms with E-state index in [1.165, 1.54) is 43.5 Å². The Bertz CT molecular complexity index is 951. The Kier molecular flexibility index (Phi) is 3.93. The van der Waals surface area contributed by atoms with E-state index in [0.717, 1.165) is 19.3 Å². The predicted molar refractivity (Wildman–Crippen MR) is 99.8 cm³/mol. The monoisotopic (exact) mass is 383 g/mol. The van der Waals surface area contributed by atoms with Gasteiger partial charge in [-0.05, 0) is 74.5 Å². The third-order valence-electron chi connectivity index (χ3n) is 6.94. The summed E-state index contributed by atoms with van der Waals surface area (Å²) in [7, 11) is 0. The van der Waals surface area contributed by atoms with Crippen LogP contribution in [0, 0.1) is 29.0 Å². The van der Waals surface area contributed by atoms with Crippen molar-refractivity contribution in [3.05, 3.63) is 35.8 Å². The van der Waals surface area contributed by atoms with E-state index in [1.807, 2.05) is 0 Å². The molecule has 0 unspecified atom stereocenters. The Balaban J connectivity index is 1.42. The first-order valence-corrected chi connectivity index (χ1v) is 9.91. The van der Waals surface area contributed by atoms with Crippen LogP contribution in [-0.4, -0.2) is 28.4 Å². The van der Waals surface area contributed by atoms with Crippen LogP contribution < -0.4 is 4.74 Å². The fraction of sp³-hybridized carbons (Fsp3) is 0.500. The van der Waals surface area contributed by atoms with Crippen molar-refractivity contribution < 1.29 is 23.8 Å². The lowest BCUT2D eigenvalue weighted by atomic mass is 9.48. The molecule has 1 aromatic heterocycles. The van der Waals surface area contributed by atoms with Crippen LogP contribution in [-0.2, 0) is 4.79 Å². The number of Topliss-reactive ketones (excluding diaryl/α,β-unsaturated/α-hetero) is 1. The molecule has 0 saturated heterocycles. The van der Waals surface area contributed by atoms with Crippen LogP contribution in [0.3, 0.4) is 0 Å². The molecular weight excluding hydrogens is 361 g/mol. The van der Waals surface area contributed by atoms with Crippen molar-refractivity contribution in [1.29, 1.82) is 0 Å². The molecule has 0 spiro atoms. The average molecular weight is 383 g/mol. The molecule has 0 radical (unpaired) electrons. The van der Waals surface area contributed by atoms with Gasteiger partial charge in [0.25, 0.3) is 0 Å². The summed E-state index contributed by atoms with van der Waals surface area (Å²) in [6.07, 6.45) is 6.62. The van der Waals surface area contributed by atoms with Crippen LogP contribution in [0.2, 0.25) is 0 Å². The molecule has 4 bridgehead atoms. The summed E-state index contributed by atoms with van der Waals surface area (Å²) in [5.74, 6) is 0.613. The summed E-state index contributed by atoms with van der Waals surface area (Å²) in [5, 5.41) is 9.67. The minimum Gasteiger partial charge on any atom is -0.485 e. The topological polar surface area (TPSA) is 76.5 Å². The number of ether oxygens (including phenoxy) is 1. The van der Waals surface area contributed by atoms with E-state index in [-0.39, 0.29) is 29.2 Å². The van der Waals surface area contributed by atoms with Crippen LogP contribution >= 0.6 is 0 Å². The third-order valence-corrected chi connectivity index (χ3v) is 6.94. The number of carbonyl (C=O) groups is 2. The van der Waals surface area contributed by atoms with Crippen molar-refractivity contribution in [2.75, 3.05) is 6.61 Å². The van der Waals surface area contributed by atoms with Gasteiger partial charge in [0.15, 0.2) is 11.5 Å². The number of ketones is 1. The van der Waals surface area contributed by atoms with E-state index in [1.54, 1.807) is 0 Å². The number of fused-ring (bicyclic) bond motifs is 1. The normalized spacial score (nSPS) is 30.5. The number of benzene rings is 1. The second kappa shape index (κ2) is 6.26. The molecule has 4 aliphatic carbocycles. The summed E-state index contributed by atoms with van der Waals surface area (Å²) in [6.45, 7) is -0.110. The van der Waals surface area contributed by atoms with Crippen molar-refractivity contribution in [2.24, 2.45) is 23.2 Å². The van der Waals surface area contributed by atoms with Crippen LogP contribution in [0.5, 0.6) is 5.75 Å². The Morgan fingerprint density at radius 3 is 2.36 bits per heavy atom. The van der Waals surface area contributed by atoms with E-state index in [0.29, 0.717) is 28.7 Å². The maximum Gasteiger partial charge on any atom is 0.354 e. The zero-order chi connectivity index (χ0) is 19.5. The summed E-state index contributed by atoms with van der Waals surface area (Å²) in [6, 6.07) is 5.19. The number of carboxylic acid groups (broad SMARTS) is 1. The highest BCUT2D eigenvalue weighted by molar-refractivity contribution is 5.93. The van der Waals surface area contributed by atoms with Crippen LogP contribution in [0.4, 0.5) is 4.39 Å². The van der Waals surface area contributed by atoms with Gasteiger partial charge in [-0.2, -0.15) is 0 Å². The molecule has 6 heteroatoms. The van der Waals surface area contributed by atoms with Crippen molar-refractivity contribution in [1.82, 2.24) is 4.98 Å².